The second kappa shape index (κ2) is 8.25. The van der Waals surface area contributed by atoms with Gasteiger partial charge in [0.1, 0.15) is 11.5 Å². The van der Waals surface area contributed by atoms with Gasteiger partial charge >= 0.3 is 0 Å². The molecule has 0 spiro atoms. The number of nitrogens with one attached hydrogen (secondary N) is 1. The summed E-state index contributed by atoms with van der Waals surface area (Å²) >= 11 is 6.23. The number of H-pyrrole nitrogens is 1. The normalized spacial score (nSPS) is 14.8. The topological polar surface area (TPSA) is 52.2 Å². The second-order valence-corrected chi connectivity index (χ2v) is 7.66. The van der Waals surface area contributed by atoms with Gasteiger partial charge in [-0.05, 0) is 49.2 Å². The van der Waals surface area contributed by atoms with E-state index < -0.39 is 0 Å². The van der Waals surface area contributed by atoms with E-state index in [1.165, 1.54) is 12.1 Å². The third-order valence-corrected chi connectivity index (χ3v) is 5.81. The van der Waals surface area contributed by atoms with E-state index in [0.29, 0.717) is 16.4 Å². The number of carbonyl (C=O) groups is 1. The Morgan fingerprint density at radius 3 is 2.55 bits per heavy atom. The number of aromatic nitrogens is 2. The zero-order valence-electron chi connectivity index (χ0n) is 16.1. The lowest BCUT2D eigenvalue weighted by Gasteiger charge is -2.37. The third kappa shape index (κ3) is 4.12. The van der Waals surface area contributed by atoms with Gasteiger partial charge in [-0.1, -0.05) is 29.8 Å². The molecule has 0 radical (unpaired) electrons. The number of rotatable bonds is 4. The number of carbonyl (C=O) groups excluding carboxylic acids is 1. The first-order chi connectivity index (χ1) is 14.0. The van der Waals surface area contributed by atoms with Gasteiger partial charge in [-0.25, -0.2) is 4.39 Å². The van der Waals surface area contributed by atoms with Crippen LogP contribution in [0.4, 0.5) is 10.1 Å². The highest BCUT2D eigenvalue weighted by Gasteiger charge is 2.27. The Balaban J connectivity index is 1.40. The van der Waals surface area contributed by atoms with E-state index in [1.807, 2.05) is 25.2 Å². The maximum absolute atomic E-state index is 13.1. The van der Waals surface area contributed by atoms with Crippen LogP contribution in [0.5, 0.6) is 0 Å². The van der Waals surface area contributed by atoms with Crippen molar-refractivity contribution in [2.75, 3.05) is 25.0 Å². The lowest BCUT2D eigenvalue weighted by molar-refractivity contribution is 0.0703. The third-order valence-electron chi connectivity index (χ3n) is 5.48. The summed E-state index contributed by atoms with van der Waals surface area (Å²) in [6.07, 6.45) is 1.70. The molecule has 1 N–H and O–H groups in total. The van der Waals surface area contributed by atoms with Gasteiger partial charge in [-0.15, -0.1) is 0 Å². The van der Waals surface area contributed by atoms with Crippen molar-refractivity contribution in [1.29, 1.82) is 0 Å². The first-order valence-electron chi connectivity index (χ1n) is 9.61. The van der Waals surface area contributed by atoms with Crippen molar-refractivity contribution in [3.8, 4) is 11.3 Å². The van der Waals surface area contributed by atoms with Crippen LogP contribution in [0.15, 0.2) is 54.6 Å². The van der Waals surface area contributed by atoms with Crippen LogP contribution in [0.2, 0.25) is 5.02 Å². The Morgan fingerprint density at radius 2 is 1.86 bits per heavy atom. The van der Waals surface area contributed by atoms with Gasteiger partial charge in [0.05, 0.1) is 10.7 Å². The maximum atomic E-state index is 13.1. The molecular weight excluding hydrogens is 391 g/mol. The standard InChI is InChI=1S/C22H22ClFN4O/c1-27(16-10-12-28(13-11-16)17-8-6-15(24)7-9-17)22(29)21-14-20(25-26-21)18-4-2-3-5-19(18)23/h2-9,14,16H,10-13H2,1H3,(H,25,26). The second-order valence-electron chi connectivity index (χ2n) is 7.26. The van der Waals surface area contributed by atoms with Gasteiger partial charge in [0.2, 0.25) is 0 Å². The Hall–Kier alpha value is -2.86. The summed E-state index contributed by atoms with van der Waals surface area (Å²) in [5, 5.41) is 7.70. The van der Waals surface area contributed by atoms with Gasteiger partial charge < -0.3 is 9.80 Å². The maximum Gasteiger partial charge on any atom is 0.271 e. The summed E-state index contributed by atoms with van der Waals surface area (Å²) in [7, 11) is 1.83. The molecule has 1 amide bonds. The molecule has 1 aliphatic rings. The van der Waals surface area contributed by atoms with E-state index in [1.54, 1.807) is 29.2 Å². The van der Waals surface area contributed by atoms with Crippen LogP contribution < -0.4 is 4.90 Å². The van der Waals surface area contributed by atoms with Crippen molar-refractivity contribution < 1.29 is 9.18 Å². The highest BCUT2D eigenvalue weighted by molar-refractivity contribution is 6.33. The first kappa shape index (κ1) is 19.5. The molecule has 2 aromatic carbocycles. The van der Waals surface area contributed by atoms with Crippen LogP contribution in [-0.2, 0) is 0 Å². The zero-order valence-corrected chi connectivity index (χ0v) is 16.9. The lowest BCUT2D eigenvalue weighted by atomic mass is 10.0. The SMILES string of the molecule is CN(C(=O)c1cc(-c2ccccc2Cl)n[nH]1)C1CCN(c2ccc(F)cc2)CC1. The number of hydrogen-bond donors (Lipinski definition) is 1. The quantitative estimate of drug-likeness (QED) is 0.680. The molecule has 0 bridgehead atoms. The smallest absolute Gasteiger partial charge is 0.271 e. The van der Waals surface area contributed by atoms with Gasteiger partial charge in [0, 0.05) is 37.4 Å². The minimum atomic E-state index is -0.232. The largest absolute Gasteiger partial charge is 0.371 e. The molecule has 4 rings (SSSR count). The number of anilines is 1. The zero-order chi connectivity index (χ0) is 20.4. The summed E-state index contributed by atoms with van der Waals surface area (Å²) < 4.78 is 13.1. The average molecular weight is 413 g/mol. The number of benzene rings is 2. The van der Waals surface area contributed by atoms with Gasteiger partial charge in [-0.3, -0.25) is 9.89 Å². The Morgan fingerprint density at radius 1 is 1.17 bits per heavy atom. The molecule has 1 aliphatic heterocycles. The van der Waals surface area contributed by atoms with Crippen LogP contribution in [0, 0.1) is 5.82 Å². The molecule has 1 saturated heterocycles. The van der Waals surface area contributed by atoms with Crippen LogP contribution in [-0.4, -0.2) is 47.2 Å². The fraction of sp³-hybridized carbons (Fsp3) is 0.273. The number of nitrogens with zero attached hydrogens (tertiary/aromatic N) is 3. The van der Waals surface area contributed by atoms with Crippen molar-refractivity contribution in [1.82, 2.24) is 15.1 Å². The monoisotopic (exact) mass is 412 g/mol. The van der Waals surface area contributed by atoms with Gasteiger partial charge in [-0.2, -0.15) is 5.10 Å². The Labute approximate surface area is 174 Å². The molecule has 2 heterocycles. The molecule has 5 nitrogen and oxygen atoms in total. The summed E-state index contributed by atoms with van der Waals surface area (Å²) in [6.45, 7) is 1.64. The molecule has 7 heteroatoms. The number of amides is 1. The fourth-order valence-electron chi connectivity index (χ4n) is 3.76. The molecule has 0 atom stereocenters. The lowest BCUT2D eigenvalue weighted by Crippen LogP contribution is -2.45. The van der Waals surface area contributed by atoms with E-state index in [-0.39, 0.29) is 17.8 Å². The molecule has 0 aliphatic carbocycles. The highest BCUT2D eigenvalue weighted by atomic mass is 35.5. The summed E-state index contributed by atoms with van der Waals surface area (Å²) in [6, 6.07) is 15.9. The average Bonchev–Trinajstić information content (AvgIpc) is 3.24. The van der Waals surface area contributed by atoms with E-state index >= 15 is 0 Å². The van der Waals surface area contributed by atoms with Crippen molar-refractivity contribution in [2.45, 2.75) is 18.9 Å². The minimum absolute atomic E-state index is 0.0870. The summed E-state index contributed by atoms with van der Waals surface area (Å²) in [5.41, 5.74) is 2.90. The molecule has 1 fully saturated rings. The summed E-state index contributed by atoms with van der Waals surface area (Å²) in [4.78, 5) is 16.9. The molecule has 1 aromatic heterocycles. The van der Waals surface area contributed by atoms with Crippen molar-refractivity contribution in [3.63, 3.8) is 0 Å². The van der Waals surface area contributed by atoms with E-state index in [9.17, 15) is 9.18 Å². The van der Waals surface area contributed by atoms with E-state index in [4.69, 9.17) is 11.6 Å². The molecule has 0 unspecified atom stereocenters. The Kier molecular flexibility index (Phi) is 5.53. The van der Waals surface area contributed by atoms with Crippen LogP contribution in [0.25, 0.3) is 11.3 Å². The number of piperidine rings is 1. The van der Waals surface area contributed by atoms with Crippen LogP contribution >= 0.6 is 11.6 Å². The van der Waals surface area contributed by atoms with Gasteiger partial charge in [0.15, 0.2) is 0 Å². The van der Waals surface area contributed by atoms with Gasteiger partial charge in [0.25, 0.3) is 5.91 Å². The van der Waals surface area contributed by atoms with E-state index in [0.717, 1.165) is 37.2 Å². The van der Waals surface area contributed by atoms with Crippen molar-refractivity contribution in [2.24, 2.45) is 0 Å². The highest BCUT2D eigenvalue weighted by Crippen LogP contribution is 2.27. The fourth-order valence-corrected chi connectivity index (χ4v) is 3.99. The van der Waals surface area contributed by atoms with Crippen LogP contribution in [0.3, 0.4) is 0 Å². The predicted octanol–water partition coefficient (Wildman–Crippen LogP) is 4.61. The molecule has 0 saturated carbocycles. The van der Waals surface area contributed by atoms with Crippen molar-refractivity contribution in [3.05, 3.63) is 71.1 Å². The number of hydrogen-bond acceptors (Lipinski definition) is 3. The molecular formula is C22H22ClFN4O. The van der Waals surface area contributed by atoms with Crippen molar-refractivity contribution >= 4 is 23.2 Å². The molecule has 3 aromatic rings. The summed E-state index contributed by atoms with van der Waals surface area (Å²) in [5.74, 6) is -0.319. The minimum Gasteiger partial charge on any atom is -0.371 e. The van der Waals surface area contributed by atoms with E-state index in [2.05, 4.69) is 15.1 Å². The predicted molar refractivity (Wildman–Crippen MR) is 113 cm³/mol. The first-order valence-corrected chi connectivity index (χ1v) is 9.98. The molecule has 29 heavy (non-hydrogen) atoms. The Bertz CT molecular complexity index is 996. The number of aromatic amines is 1. The van der Waals surface area contributed by atoms with Crippen LogP contribution in [0.1, 0.15) is 23.3 Å². The number of halogens is 2. The molecule has 150 valence electrons.